The number of methoxy groups -OCH3 is 1. The van der Waals surface area contributed by atoms with E-state index in [0.29, 0.717) is 10.8 Å². The standard InChI is InChI=1S/C15H18ClN3O/c1-9-4-6-12(10(2)18-9)15(19-17)11-5-7-13(16)14(8-11)20-3/h4-8,15,19H,17H2,1-3H3. The zero-order valence-electron chi connectivity index (χ0n) is 11.8. The van der Waals surface area contributed by atoms with E-state index in [2.05, 4.69) is 10.4 Å². The summed E-state index contributed by atoms with van der Waals surface area (Å²) < 4.78 is 5.25. The van der Waals surface area contributed by atoms with Crippen molar-refractivity contribution in [1.82, 2.24) is 10.4 Å². The van der Waals surface area contributed by atoms with Crippen molar-refractivity contribution in [2.45, 2.75) is 19.9 Å². The Bertz CT molecular complexity index is 616. The van der Waals surface area contributed by atoms with Gasteiger partial charge in [0, 0.05) is 11.4 Å². The summed E-state index contributed by atoms with van der Waals surface area (Å²) in [6.45, 7) is 3.94. The number of rotatable bonds is 4. The number of aryl methyl sites for hydroxylation is 2. The highest BCUT2D eigenvalue weighted by Crippen LogP contribution is 2.30. The molecule has 1 aromatic heterocycles. The summed E-state index contributed by atoms with van der Waals surface area (Å²) in [5.41, 5.74) is 6.76. The molecule has 4 nitrogen and oxygen atoms in total. The first-order chi connectivity index (χ1) is 9.56. The van der Waals surface area contributed by atoms with Crippen LogP contribution in [-0.2, 0) is 0 Å². The van der Waals surface area contributed by atoms with Crippen LogP contribution >= 0.6 is 11.6 Å². The molecule has 0 aliphatic carbocycles. The van der Waals surface area contributed by atoms with Gasteiger partial charge < -0.3 is 4.74 Å². The molecule has 0 amide bonds. The smallest absolute Gasteiger partial charge is 0.137 e. The van der Waals surface area contributed by atoms with Crippen molar-refractivity contribution in [2.75, 3.05) is 7.11 Å². The predicted octanol–water partition coefficient (Wildman–Crippen LogP) is 2.91. The van der Waals surface area contributed by atoms with Crippen LogP contribution in [-0.4, -0.2) is 12.1 Å². The molecule has 0 aliphatic heterocycles. The van der Waals surface area contributed by atoms with E-state index in [1.54, 1.807) is 13.2 Å². The minimum atomic E-state index is -0.158. The van der Waals surface area contributed by atoms with Gasteiger partial charge in [0.2, 0.25) is 0 Å². The fourth-order valence-electron chi connectivity index (χ4n) is 2.22. The first kappa shape index (κ1) is 14.8. The first-order valence-corrected chi connectivity index (χ1v) is 6.68. The Morgan fingerprint density at radius 3 is 2.60 bits per heavy atom. The van der Waals surface area contributed by atoms with Crippen LogP contribution < -0.4 is 16.0 Å². The molecular formula is C15H18ClN3O. The number of ether oxygens (including phenoxy) is 1. The van der Waals surface area contributed by atoms with E-state index in [-0.39, 0.29) is 6.04 Å². The van der Waals surface area contributed by atoms with Crippen molar-refractivity contribution >= 4 is 11.6 Å². The second-order valence-electron chi connectivity index (χ2n) is 4.62. The molecule has 0 spiro atoms. The zero-order valence-corrected chi connectivity index (χ0v) is 12.5. The third kappa shape index (κ3) is 2.93. The molecule has 1 atom stereocenters. The Balaban J connectivity index is 2.46. The van der Waals surface area contributed by atoms with Gasteiger partial charge in [-0.2, -0.15) is 0 Å². The molecule has 2 aromatic rings. The predicted molar refractivity (Wildman–Crippen MR) is 80.9 cm³/mol. The van der Waals surface area contributed by atoms with Crippen LogP contribution in [0.1, 0.15) is 28.6 Å². The van der Waals surface area contributed by atoms with Gasteiger partial charge in [0.15, 0.2) is 0 Å². The zero-order chi connectivity index (χ0) is 14.7. The largest absolute Gasteiger partial charge is 0.495 e. The molecule has 3 N–H and O–H groups in total. The Morgan fingerprint density at radius 2 is 2.00 bits per heavy atom. The second kappa shape index (κ2) is 6.22. The van der Waals surface area contributed by atoms with Gasteiger partial charge in [-0.1, -0.05) is 23.7 Å². The van der Waals surface area contributed by atoms with Gasteiger partial charge in [0.25, 0.3) is 0 Å². The van der Waals surface area contributed by atoms with Crippen LogP contribution in [0.25, 0.3) is 0 Å². The Morgan fingerprint density at radius 1 is 1.25 bits per heavy atom. The molecule has 1 aromatic carbocycles. The van der Waals surface area contributed by atoms with E-state index in [0.717, 1.165) is 22.5 Å². The summed E-state index contributed by atoms with van der Waals surface area (Å²) in [5.74, 6) is 6.35. The lowest BCUT2D eigenvalue weighted by Gasteiger charge is -2.19. The maximum absolute atomic E-state index is 6.05. The number of halogens is 1. The highest BCUT2D eigenvalue weighted by atomic mass is 35.5. The number of nitrogens with zero attached hydrogens (tertiary/aromatic N) is 1. The summed E-state index contributed by atoms with van der Waals surface area (Å²) in [5, 5.41) is 0.575. The minimum absolute atomic E-state index is 0.158. The molecule has 0 aliphatic rings. The van der Waals surface area contributed by atoms with E-state index < -0.39 is 0 Å². The first-order valence-electron chi connectivity index (χ1n) is 6.30. The van der Waals surface area contributed by atoms with E-state index in [9.17, 15) is 0 Å². The second-order valence-corrected chi connectivity index (χ2v) is 5.03. The number of hydrogen-bond donors (Lipinski definition) is 2. The summed E-state index contributed by atoms with van der Waals surface area (Å²) in [4.78, 5) is 4.48. The van der Waals surface area contributed by atoms with Gasteiger partial charge in [0.1, 0.15) is 5.75 Å². The number of hydrazine groups is 1. The third-order valence-electron chi connectivity index (χ3n) is 3.25. The van der Waals surface area contributed by atoms with E-state index in [1.165, 1.54) is 0 Å². The van der Waals surface area contributed by atoms with Crippen LogP contribution in [0.4, 0.5) is 0 Å². The van der Waals surface area contributed by atoms with E-state index in [4.69, 9.17) is 22.2 Å². The van der Waals surface area contributed by atoms with Crippen LogP contribution in [0.15, 0.2) is 30.3 Å². The number of hydrogen-bond acceptors (Lipinski definition) is 4. The maximum Gasteiger partial charge on any atom is 0.137 e. The molecule has 1 unspecified atom stereocenters. The average Bonchev–Trinajstić information content (AvgIpc) is 2.43. The quantitative estimate of drug-likeness (QED) is 0.672. The van der Waals surface area contributed by atoms with Crippen molar-refractivity contribution < 1.29 is 4.74 Å². The maximum atomic E-state index is 6.05. The molecule has 106 valence electrons. The highest BCUT2D eigenvalue weighted by Gasteiger charge is 2.17. The van der Waals surface area contributed by atoms with Crippen molar-refractivity contribution in [3.8, 4) is 5.75 Å². The van der Waals surface area contributed by atoms with Gasteiger partial charge in [0.05, 0.1) is 18.2 Å². The molecule has 1 heterocycles. The van der Waals surface area contributed by atoms with Crippen LogP contribution in [0.2, 0.25) is 5.02 Å². The number of aromatic nitrogens is 1. The van der Waals surface area contributed by atoms with Crippen LogP contribution in [0, 0.1) is 13.8 Å². The number of benzene rings is 1. The molecule has 0 fully saturated rings. The molecule has 20 heavy (non-hydrogen) atoms. The van der Waals surface area contributed by atoms with Crippen molar-refractivity contribution in [3.05, 3.63) is 57.9 Å². The van der Waals surface area contributed by atoms with Crippen molar-refractivity contribution in [3.63, 3.8) is 0 Å². The average molecular weight is 292 g/mol. The summed E-state index contributed by atoms with van der Waals surface area (Å²) in [6.07, 6.45) is 0. The number of nitrogens with one attached hydrogen (secondary N) is 1. The monoisotopic (exact) mass is 291 g/mol. The number of pyridine rings is 1. The Hall–Kier alpha value is -1.62. The molecule has 0 bridgehead atoms. The Labute approximate surface area is 123 Å². The molecule has 0 saturated heterocycles. The fraction of sp³-hybridized carbons (Fsp3) is 0.267. The molecular weight excluding hydrogens is 274 g/mol. The van der Waals surface area contributed by atoms with Crippen LogP contribution in [0.3, 0.4) is 0 Å². The normalized spacial score (nSPS) is 12.2. The third-order valence-corrected chi connectivity index (χ3v) is 3.56. The van der Waals surface area contributed by atoms with E-state index >= 15 is 0 Å². The summed E-state index contributed by atoms with van der Waals surface area (Å²) in [7, 11) is 1.59. The Kier molecular flexibility index (Phi) is 4.60. The summed E-state index contributed by atoms with van der Waals surface area (Å²) >= 11 is 6.05. The molecule has 0 radical (unpaired) electrons. The van der Waals surface area contributed by atoms with Gasteiger partial charge in [-0.3, -0.25) is 10.8 Å². The lowest BCUT2D eigenvalue weighted by Crippen LogP contribution is -2.29. The van der Waals surface area contributed by atoms with Gasteiger partial charge in [-0.25, -0.2) is 5.43 Å². The lowest BCUT2D eigenvalue weighted by atomic mass is 9.97. The van der Waals surface area contributed by atoms with Crippen molar-refractivity contribution in [1.29, 1.82) is 0 Å². The molecule has 0 saturated carbocycles. The molecule has 5 heteroatoms. The minimum Gasteiger partial charge on any atom is -0.495 e. The lowest BCUT2D eigenvalue weighted by molar-refractivity contribution is 0.414. The molecule has 2 rings (SSSR count). The van der Waals surface area contributed by atoms with Gasteiger partial charge in [-0.15, -0.1) is 0 Å². The van der Waals surface area contributed by atoms with Gasteiger partial charge >= 0.3 is 0 Å². The van der Waals surface area contributed by atoms with E-state index in [1.807, 2.05) is 38.1 Å². The fourth-order valence-corrected chi connectivity index (χ4v) is 2.42. The van der Waals surface area contributed by atoms with Gasteiger partial charge in [-0.05, 0) is 43.2 Å². The summed E-state index contributed by atoms with van der Waals surface area (Å²) in [6, 6.07) is 9.45. The number of nitrogens with two attached hydrogens (primary N) is 1. The van der Waals surface area contributed by atoms with Crippen LogP contribution in [0.5, 0.6) is 5.75 Å². The SMILES string of the molecule is COc1cc(C(NN)c2ccc(C)nc2C)ccc1Cl. The van der Waals surface area contributed by atoms with Crippen molar-refractivity contribution in [2.24, 2.45) is 5.84 Å². The highest BCUT2D eigenvalue weighted by molar-refractivity contribution is 6.32. The topological polar surface area (TPSA) is 60.2 Å².